The van der Waals surface area contributed by atoms with Crippen molar-refractivity contribution in [1.82, 2.24) is 5.32 Å². The highest BCUT2D eigenvalue weighted by molar-refractivity contribution is 5.88. The van der Waals surface area contributed by atoms with Crippen molar-refractivity contribution in [2.45, 2.75) is 119 Å². The molecule has 1 aromatic rings. The minimum absolute atomic E-state index is 0.0254. The standard InChI is InChI=1S/C39H58FNO2/c1-34(2,3)28-16-20-39(41-24-23-40)22-21-37(7)29(32(28)39)13-14-31-36(6)18-15-27(25-9-11-26(12-10-25)33(42)43)35(4,5)30(36)17-19-38(31,37)8/h9-12,15,28-32,41H,13-14,16-24H2,1-8H3,(H,42,43). The third-order valence-corrected chi connectivity index (χ3v) is 15.1. The summed E-state index contributed by atoms with van der Waals surface area (Å²) in [5.74, 6) is 2.42. The molecule has 0 aromatic heterocycles. The fourth-order valence-corrected chi connectivity index (χ4v) is 13.1. The van der Waals surface area contributed by atoms with Gasteiger partial charge in [0.2, 0.25) is 0 Å². The number of hydrogen-bond donors (Lipinski definition) is 2. The van der Waals surface area contributed by atoms with Gasteiger partial charge in [0.15, 0.2) is 0 Å². The van der Waals surface area contributed by atoms with Crippen LogP contribution in [0.3, 0.4) is 0 Å². The van der Waals surface area contributed by atoms with Crippen LogP contribution in [0.15, 0.2) is 30.3 Å². The van der Waals surface area contributed by atoms with Gasteiger partial charge in [-0.25, -0.2) is 9.18 Å². The molecule has 4 heteroatoms. The molecule has 238 valence electrons. The molecule has 43 heavy (non-hydrogen) atoms. The first-order valence-corrected chi connectivity index (χ1v) is 17.4. The van der Waals surface area contributed by atoms with Gasteiger partial charge in [0.05, 0.1) is 5.56 Å². The number of rotatable bonds is 5. The Morgan fingerprint density at radius 3 is 2.23 bits per heavy atom. The van der Waals surface area contributed by atoms with E-state index in [9.17, 15) is 14.3 Å². The van der Waals surface area contributed by atoms with Gasteiger partial charge in [0.1, 0.15) is 6.67 Å². The summed E-state index contributed by atoms with van der Waals surface area (Å²) in [5, 5.41) is 13.3. The van der Waals surface area contributed by atoms with E-state index in [1.54, 1.807) is 12.1 Å². The first-order chi connectivity index (χ1) is 20.1. The quantitative estimate of drug-likeness (QED) is 0.358. The average Bonchev–Trinajstić information content (AvgIpc) is 3.33. The molecule has 0 heterocycles. The predicted octanol–water partition coefficient (Wildman–Crippen LogP) is 9.82. The van der Waals surface area contributed by atoms with E-state index in [2.05, 4.69) is 66.8 Å². The molecule has 0 radical (unpaired) electrons. The average molecular weight is 592 g/mol. The summed E-state index contributed by atoms with van der Waals surface area (Å²) < 4.78 is 13.6. The summed E-state index contributed by atoms with van der Waals surface area (Å²) in [5.41, 5.74) is 4.17. The zero-order valence-electron chi connectivity index (χ0n) is 28.3. The molecule has 5 aliphatic rings. The van der Waals surface area contributed by atoms with Crippen LogP contribution in [0, 0.1) is 56.7 Å². The molecule has 0 saturated heterocycles. The van der Waals surface area contributed by atoms with Crippen LogP contribution >= 0.6 is 0 Å². The number of halogens is 1. The summed E-state index contributed by atoms with van der Waals surface area (Å²) in [6.45, 7) is 20.5. The van der Waals surface area contributed by atoms with Gasteiger partial charge in [-0.1, -0.05) is 73.6 Å². The van der Waals surface area contributed by atoms with E-state index in [4.69, 9.17) is 0 Å². The predicted molar refractivity (Wildman–Crippen MR) is 175 cm³/mol. The molecular weight excluding hydrogens is 533 g/mol. The van der Waals surface area contributed by atoms with E-state index >= 15 is 0 Å². The Morgan fingerprint density at radius 2 is 1.60 bits per heavy atom. The van der Waals surface area contributed by atoms with Crippen LogP contribution in [-0.4, -0.2) is 29.8 Å². The second kappa shape index (κ2) is 10.2. The lowest BCUT2D eigenvalue weighted by atomic mass is 9.32. The Balaban J connectivity index is 1.35. The van der Waals surface area contributed by atoms with Crippen LogP contribution in [0.2, 0.25) is 0 Å². The smallest absolute Gasteiger partial charge is 0.335 e. The lowest BCUT2D eigenvalue weighted by Gasteiger charge is -2.72. The largest absolute Gasteiger partial charge is 0.478 e. The zero-order chi connectivity index (χ0) is 31.2. The van der Waals surface area contributed by atoms with Gasteiger partial charge in [-0.05, 0) is 138 Å². The molecule has 0 bridgehead atoms. The van der Waals surface area contributed by atoms with E-state index in [1.165, 1.54) is 62.5 Å². The number of allylic oxidation sites excluding steroid dienone is 2. The highest BCUT2D eigenvalue weighted by atomic mass is 19.1. The monoisotopic (exact) mass is 591 g/mol. The van der Waals surface area contributed by atoms with Gasteiger partial charge in [0.25, 0.3) is 0 Å². The molecule has 2 N–H and O–H groups in total. The number of carbonyl (C=O) groups is 1. The van der Waals surface area contributed by atoms with E-state index in [1.807, 2.05) is 12.1 Å². The molecule has 9 atom stereocenters. The van der Waals surface area contributed by atoms with Crippen molar-refractivity contribution in [3.63, 3.8) is 0 Å². The van der Waals surface area contributed by atoms with Crippen LogP contribution in [0.1, 0.15) is 129 Å². The number of hydrogen-bond acceptors (Lipinski definition) is 2. The fourth-order valence-electron chi connectivity index (χ4n) is 13.1. The molecule has 0 spiro atoms. The molecule has 1 aromatic carbocycles. The van der Waals surface area contributed by atoms with Crippen molar-refractivity contribution in [1.29, 1.82) is 0 Å². The van der Waals surface area contributed by atoms with Crippen molar-refractivity contribution in [2.24, 2.45) is 56.7 Å². The number of aromatic carboxylic acids is 1. The van der Waals surface area contributed by atoms with Crippen molar-refractivity contribution < 1.29 is 14.3 Å². The first-order valence-electron chi connectivity index (χ1n) is 17.4. The lowest BCUT2D eigenvalue weighted by molar-refractivity contribution is -0.223. The Hall–Kier alpha value is -1.68. The van der Waals surface area contributed by atoms with E-state index in [0.29, 0.717) is 52.5 Å². The van der Waals surface area contributed by atoms with E-state index < -0.39 is 5.97 Å². The van der Waals surface area contributed by atoms with Crippen molar-refractivity contribution >= 4 is 11.5 Å². The Morgan fingerprint density at radius 1 is 0.907 bits per heavy atom. The molecule has 0 aliphatic heterocycles. The van der Waals surface area contributed by atoms with Crippen LogP contribution in [0.4, 0.5) is 4.39 Å². The van der Waals surface area contributed by atoms with Crippen molar-refractivity contribution in [3.8, 4) is 0 Å². The number of nitrogens with one attached hydrogen (secondary N) is 1. The van der Waals surface area contributed by atoms with Gasteiger partial charge in [-0.2, -0.15) is 0 Å². The normalized spacial score (nSPS) is 43.6. The zero-order valence-corrected chi connectivity index (χ0v) is 28.3. The van der Waals surface area contributed by atoms with Crippen molar-refractivity contribution in [3.05, 3.63) is 41.5 Å². The summed E-state index contributed by atoms with van der Waals surface area (Å²) in [6.07, 6.45) is 13.7. The number of benzene rings is 1. The third kappa shape index (κ3) is 4.38. The van der Waals surface area contributed by atoms with Crippen molar-refractivity contribution in [2.75, 3.05) is 13.2 Å². The van der Waals surface area contributed by atoms with Crippen LogP contribution in [-0.2, 0) is 0 Å². The van der Waals surface area contributed by atoms with Gasteiger partial charge in [-0.3, -0.25) is 0 Å². The van der Waals surface area contributed by atoms with Gasteiger partial charge < -0.3 is 10.4 Å². The maximum Gasteiger partial charge on any atom is 0.335 e. The first kappa shape index (κ1) is 31.3. The second-order valence-electron chi connectivity index (χ2n) is 17.9. The lowest BCUT2D eigenvalue weighted by Crippen LogP contribution is -2.68. The number of carboxylic acids is 1. The highest BCUT2D eigenvalue weighted by Crippen LogP contribution is 2.77. The van der Waals surface area contributed by atoms with Gasteiger partial charge in [0, 0.05) is 12.1 Å². The molecule has 3 nitrogen and oxygen atoms in total. The summed E-state index contributed by atoms with van der Waals surface area (Å²) in [6, 6.07) is 7.58. The fraction of sp³-hybridized carbons (Fsp3) is 0.769. The minimum atomic E-state index is -0.865. The molecule has 6 rings (SSSR count). The molecular formula is C39H58FNO2. The molecule has 4 fully saturated rings. The van der Waals surface area contributed by atoms with Gasteiger partial charge in [-0.15, -0.1) is 0 Å². The van der Waals surface area contributed by atoms with Crippen LogP contribution in [0.25, 0.3) is 5.57 Å². The molecule has 0 amide bonds. The molecule has 5 aliphatic carbocycles. The van der Waals surface area contributed by atoms with Crippen LogP contribution < -0.4 is 5.32 Å². The summed E-state index contributed by atoms with van der Waals surface area (Å²) >= 11 is 0. The third-order valence-electron chi connectivity index (χ3n) is 15.1. The summed E-state index contributed by atoms with van der Waals surface area (Å²) in [4.78, 5) is 11.5. The van der Waals surface area contributed by atoms with E-state index in [-0.39, 0.29) is 28.5 Å². The number of alkyl halides is 1. The minimum Gasteiger partial charge on any atom is -0.478 e. The highest BCUT2D eigenvalue weighted by Gasteiger charge is 2.70. The maximum atomic E-state index is 13.6. The van der Waals surface area contributed by atoms with Crippen LogP contribution in [0.5, 0.6) is 0 Å². The summed E-state index contributed by atoms with van der Waals surface area (Å²) in [7, 11) is 0. The maximum absolute atomic E-state index is 13.6. The molecule has 4 saturated carbocycles. The number of carboxylic acid groups (broad SMARTS) is 1. The Bertz CT molecular complexity index is 1280. The second-order valence-corrected chi connectivity index (χ2v) is 17.9. The topological polar surface area (TPSA) is 49.3 Å². The Labute approximate surface area is 260 Å². The van der Waals surface area contributed by atoms with E-state index in [0.717, 1.165) is 6.42 Å². The van der Waals surface area contributed by atoms with Gasteiger partial charge >= 0.3 is 5.97 Å². The SMILES string of the molecule is CC(C)(C)C1CCC2(NCCF)CCC3(C)C(CCC4C5(C)CC=C(c6ccc(C(=O)O)cc6)C(C)(C)C5CCC43C)C12. The number of fused-ring (bicyclic) bond motifs is 7. The molecule has 9 unspecified atom stereocenters. The Kier molecular flexibility index (Phi) is 7.40.